The van der Waals surface area contributed by atoms with Crippen LogP contribution in [-0.4, -0.2) is 0 Å². The maximum absolute atomic E-state index is 12.3. The summed E-state index contributed by atoms with van der Waals surface area (Å²) in [7, 11) is 0. The van der Waals surface area contributed by atoms with Crippen LogP contribution in [0.2, 0.25) is 0 Å². The zero-order valence-corrected chi connectivity index (χ0v) is 8.90. The van der Waals surface area contributed by atoms with Gasteiger partial charge in [-0.3, -0.25) is 0 Å². The second-order valence-corrected chi connectivity index (χ2v) is 3.85. The molecule has 0 amide bonds. The minimum atomic E-state index is -4.32. The molecule has 72 valence electrons. The van der Waals surface area contributed by atoms with Crippen LogP contribution in [-0.2, 0) is 6.18 Å². The summed E-state index contributed by atoms with van der Waals surface area (Å²) in [5.41, 5.74) is 5.55. The van der Waals surface area contributed by atoms with Gasteiger partial charge in [0.05, 0.1) is 5.56 Å². The van der Waals surface area contributed by atoms with Gasteiger partial charge in [0.15, 0.2) is 0 Å². The van der Waals surface area contributed by atoms with Crippen LogP contribution in [0.25, 0.3) is 0 Å². The molecule has 0 fully saturated rings. The van der Waals surface area contributed by atoms with Gasteiger partial charge in [-0.2, -0.15) is 13.2 Å². The second-order valence-electron chi connectivity index (χ2n) is 2.69. The van der Waals surface area contributed by atoms with E-state index in [0.717, 1.165) is 6.07 Å². The summed E-state index contributed by atoms with van der Waals surface area (Å²) in [6.45, 7) is 1.68. The van der Waals surface area contributed by atoms with E-state index in [4.69, 9.17) is 5.73 Å². The molecule has 0 heterocycles. The molecule has 2 N–H and O–H groups in total. The zero-order valence-electron chi connectivity index (χ0n) is 6.74. The molecule has 5 heteroatoms. The third-order valence-corrected chi connectivity index (χ3v) is 2.55. The van der Waals surface area contributed by atoms with Gasteiger partial charge in [0.25, 0.3) is 0 Å². The predicted octanol–water partition coefficient (Wildman–Crippen LogP) is 3.20. The Hall–Kier alpha value is -0.460. The van der Waals surface area contributed by atoms with Gasteiger partial charge in [-0.25, -0.2) is 0 Å². The first-order chi connectivity index (χ1) is 5.82. The molecule has 1 aromatic rings. The van der Waals surface area contributed by atoms with Crippen LogP contribution >= 0.6 is 22.6 Å². The quantitative estimate of drug-likeness (QED) is 0.578. The largest absolute Gasteiger partial charge is 0.417 e. The molecule has 0 radical (unpaired) electrons. The third-order valence-electron chi connectivity index (χ3n) is 1.66. The summed E-state index contributed by atoms with van der Waals surface area (Å²) in [5, 5.41) is 0. The first-order valence-corrected chi connectivity index (χ1v) is 4.53. The molecule has 0 atom stereocenters. The highest BCUT2D eigenvalue weighted by Crippen LogP contribution is 2.34. The van der Waals surface area contributed by atoms with E-state index in [1.54, 1.807) is 29.5 Å². The number of hydrogen-bond acceptors (Lipinski definition) is 1. The smallest absolute Gasteiger partial charge is 0.399 e. The molecule has 0 aliphatic carbocycles. The fourth-order valence-corrected chi connectivity index (χ4v) is 1.84. The van der Waals surface area contributed by atoms with E-state index < -0.39 is 11.7 Å². The number of aryl methyl sites for hydroxylation is 1. The summed E-state index contributed by atoms with van der Waals surface area (Å²) >= 11 is 1.65. The summed E-state index contributed by atoms with van der Waals surface area (Å²) in [6, 6.07) is 2.40. The van der Waals surface area contributed by atoms with Gasteiger partial charge in [0.2, 0.25) is 0 Å². The molecular weight excluding hydrogens is 294 g/mol. The number of alkyl halides is 3. The molecule has 0 unspecified atom stereocenters. The summed E-state index contributed by atoms with van der Waals surface area (Å²) in [5.74, 6) is 0. The van der Waals surface area contributed by atoms with Crippen LogP contribution in [0.15, 0.2) is 12.1 Å². The zero-order chi connectivity index (χ0) is 10.2. The highest BCUT2D eigenvalue weighted by atomic mass is 127. The number of anilines is 1. The number of halogens is 4. The van der Waals surface area contributed by atoms with E-state index in [0.29, 0.717) is 5.56 Å². The normalized spacial score (nSPS) is 11.8. The van der Waals surface area contributed by atoms with Gasteiger partial charge in [0.1, 0.15) is 0 Å². The van der Waals surface area contributed by atoms with Gasteiger partial charge >= 0.3 is 6.18 Å². The Morgan fingerprint density at radius 2 is 1.85 bits per heavy atom. The molecule has 13 heavy (non-hydrogen) atoms. The molecule has 0 bridgehead atoms. The Kier molecular flexibility index (Phi) is 2.74. The molecule has 1 nitrogen and oxygen atoms in total. The maximum atomic E-state index is 12.3. The second kappa shape index (κ2) is 3.36. The lowest BCUT2D eigenvalue weighted by atomic mass is 10.1. The molecule has 1 rings (SSSR count). The third kappa shape index (κ3) is 2.26. The predicted molar refractivity (Wildman–Crippen MR) is 53.3 cm³/mol. The van der Waals surface area contributed by atoms with E-state index >= 15 is 0 Å². The minimum absolute atomic E-state index is 0.174. The molecule has 1 aromatic carbocycles. The van der Waals surface area contributed by atoms with E-state index in [1.807, 2.05) is 0 Å². The number of rotatable bonds is 0. The van der Waals surface area contributed by atoms with Crippen molar-refractivity contribution in [3.8, 4) is 0 Å². The van der Waals surface area contributed by atoms with Crippen LogP contribution < -0.4 is 5.73 Å². The SMILES string of the molecule is Cc1cc(I)c(C(F)(F)F)cc1N. The van der Waals surface area contributed by atoms with E-state index in [9.17, 15) is 13.2 Å². The number of hydrogen-bond donors (Lipinski definition) is 1. The van der Waals surface area contributed by atoms with Crippen molar-refractivity contribution in [2.75, 3.05) is 5.73 Å². The van der Waals surface area contributed by atoms with Gasteiger partial charge in [-0.15, -0.1) is 0 Å². The number of benzene rings is 1. The molecule has 0 aromatic heterocycles. The highest BCUT2D eigenvalue weighted by molar-refractivity contribution is 14.1. The van der Waals surface area contributed by atoms with Crippen molar-refractivity contribution in [2.24, 2.45) is 0 Å². The Morgan fingerprint density at radius 3 is 2.31 bits per heavy atom. The monoisotopic (exact) mass is 301 g/mol. The van der Waals surface area contributed by atoms with E-state index in [-0.39, 0.29) is 9.26 Å². The molecule has 0 aliphatic heterocycles. The van der Waals surface area contributed by atoms with E-state index in [1.165, 1.54) is 6.07 Å². The average molecular weight is 301 g/mol. The average Bonchev–Trinajstić information content (AvgIpc) is 1.94. The van der Waals surface area contributed by atoms with Crippen molar-refractivity contribution >= 4 is 28.3 Å². The molecule has 0 saturated carbocycles. The van der Waals surface area contributed by atoms with E-state index in [2.05, 4.69) is 0 Å². The van der Waals surface area contributed by atoms with Crippen LogP contribution in [0.1, 0.15) is 11.1 Å². The van der Waals surface area contributed by atoms with Gasteiger partial charge < -0.3 is 5.73 Å². The van der Waals surface area contributed by atoms with Crippen molar-refractivity contribution in [3.63, 3.8) is 0 Å². The fraction of sp³-hybridized carbons (Fsp3) is 0.250. The fourth-order valence-electron chi connectivity index (χ4n) is 0.907. The number of nitrogen functional groups attached to an aromatic ring is 1. The van der Waals surface area contributed by atoms with Crippen molar-refractivity contribution in [1.29, 1.82) is 0 Å². The van der Waals surface area contributed by atoms with Crippen LogP contribution in [0, 0.1) is 10.5 Å². The number of nitrogens with two attached hydrogens (primary N) is 1. The Bertz CT molecular complexity index is 333. The Labute approximate surface area is 87.3 Å². The molecule has 0 spiro atoms. The van der Waals surface area contributed by atoms with Gasteiger partial charge in [-0.05, 0) is 47.2 Å². The summed E-state index contributed by atoms with van der Waals surface area (Å²) in [6.07, 6.45) is -4.32. The topological polar surface area (TPSA) is 26.0 Å². The molecule has 0 aliphatic rings. The first kappa shape index (κ1) is 10.6. The lowest BCUT2D eigenvalue weighted by Crippen LogP contribution is -2.09. The highest BCUT2D eigenvalue weighted by Gasteiger charge is 2.33. The first-order valence-electron chi connectivity index (χ1n) is 3.45. The van der Waals surface area contributed by atoms with Crippen LogP contribution in [0.4, 0.5) is 18.9 Å². The minimum Gasteiger partial charge on any atom is -0.399 e. The van der Waals surface area contributed by atoms with Crippen molar-refractivity contribution in [3.05, 3.63) is 26.8 Å². The van der Waals surface area contributed by atoms with Crippen molar-refractivity contribution in [1.82, 2.24) is 0 Å². The van der Waals surface area contributed by atoms with Crippen molar-refractivity contribution < 1.29 is 13.2 Å². The maximum Gasteiger partial charge on any atom is 0.417 e. The molecule has 0 saturated heterocycles. The summed E-state index contributed by atoms with van der Waals surface area (Å²) in [4.78, 5) is 0. The van der Waals surface area contributed by atoms with Crippen LogP contribution in [0.3, 0.4) is 0 Å². The lowest BCUT2D eigenvalue weighted by Gasteiger charge is -2.11. The Morgan fingerprint density at radius 1 is 1.31 bits per heavy atom. The lowest BCUT2D eigenvalue weighted by molar-refractivity contribution is -0.138. The standard InChI is InChI=1S/C8H7F3IN/c1-4-2-6(12)5(3-7(4)13)8(9,10)11/h2-3H,13H2,1H3. The van der Waals surface area contributed by atoms with Crippen molar-refractivity contribution in [2.45, 2.75) is 13.1 Å². The van der Waals surface area contributed by atoms with Gasteiger partial charge in [-0.1, -0.05) is 0 Å². The Balaban J connectivity index is 3.32. The van der Waals surface area contributed by atoms with Gasteiger partial charge in [0, 0.05) is 9.26 Å². The summed E-state index contributed by atoms with van der Waals surface area (Å²) < 4.78 is 37.1. The molecular formula is C8H7F3IN. The van der Waals surface area contributed by atoms with Crippen LogP contribution in [0.5, 0.6) is 0 Å².